The smallest absolute Gasteiger partial charge is 0.240 e. The van der Waals surface area contributed by atoms with Gasteiger partial charge in [0.05, 0.1) is 4.90 Å². The molecule has 0 fully saturated rings. The fourth-order valence-corrected chi connectivity index (χ4v) is 2.91. The molecule has 0 unspecified atom stereocenters. The summed E-state index contributed by atoms with van der Waals surface area (Å²) in [6.45, 7) is 0.257. The number of pyridine rings is 1. The number of benzene rings is 1. The Labute approximate surface area is 122 Å². The molecule has 20 heavy (non-hydrogen) atoms. The first-order valence-corrected chi connectivity index (χ1v) is 7.72. The minimum absolute atomic E-state index is 0.0863. The van der Waals surface area contributed by atoms with Gasteiger partial charge >= 0.3 is 0 Å². The van der Waals surface area contributed by atoms with E-state index in [2.05, 4.69) is 9.71 Å². The molecule has 0 atom stereocenters. The van der Waals surface area contributed by atoms with Crippen molar-refractivity contribution in [3.05, 3.63) is 53.3 Å². The van der Waals surface area contributed by atoms with Crippen LogP contribution in [0.25, 0.3) is 0 Å². The molecule has 0 aliphatic heterocycles. The summed E-state index contributed by atoms with van der Waals surface area (Å²) in [5.74, 6) is 0.181. The third-order valence-corrected chi connectivity index (χ3v) is 4.32. The van der Waals surface area contributed by atoms with Crippen molar-refractivity contribution in [1.82, 2.24) is 9.71 Å². The van der Waals surface area contributed by atoms with E-state index in [1.165, 1.54) is 18.3 Å². The number of sulfonamides is 1. The van der Waals surface area contributed by atoms with Gasteiger partial charge in [-0.1, -0.05) is 23.7 Å². The van der Waals surface area contributed by atoms with Crippen molar-refractivity contribution >= 4 is 21.6 Å². The number of phenols is 1. The van der Waals surface area contributed by atoms with Crippen molar-refractivity contribution in [3.8, 4) is 5.75 Å². The first-order chi connectivity index (χ1) is 9.47. The molecular formula is C13H13ClN2O3S. The molecule has 7 heteroatoms. The van der Waals surface area contributed by atoms with Crippen LogP contribution in [0.5, 0.6) is 5.75 Å². The summed E-state index contributed by atoms with van der Waals surface area (Å²) in [5.41, 5.74) is 0.929. The van der Waals surface area contributed by atoms with Crippen molar-refractivity contribution in [2.75, 3.05) is 6.54 Å². The topological polar surface area (TPSA) is 79.3 Å². The first-order valence-electron chi connectivity index (χ1n) is 5.86. The van der Waals surface area contributed by atoms with Crippen LogP contribution >= 0.6 is 11.6 Å². The number of aromatic nitrogens is 1. The highest BCUT2D eigenvalue weighted by Crippen LogP contribution is 2.13. The summed E-state index contributed by atoms with van der Waals surface area (Å²) < 4.78 is 26.5. The predicted octanol–water partition coefficient (Wildman–Crippen LogP) is 1.96. The third kappa shape index (κ3) is 3.93. The molecule has 0 amide bonds. The quantitative estimate of drug-likeness (QED) is 0.827. The molecule has 0 aliphatic rings. The summed E-state index contributed by atoms with van der Waals surface area (Å²) in [6, 6.07) is 9.29. The minimum Gasteiger partial charge on any atom is -0.508 e. The summed E-state index contributed by atoms with van der Waals surface area (Å²) in [4.78, 5) is 3.83. The zero-order valence-corrected chi connectivity index (χ0v) is 12.0. The van der Waals surface area contributed by atoms with Crippen LogP contribution in [0, 0.1) is 0 Å². The lowest BCUT2D eigenvalue weighted by Gasteiger charge is -2.07. The molecule has 5 nitrogen and oxygen atoms in total. The van der Waals surface area contributed by atoms with E-state index >= 15 is 0 Å². The fourth-order valence-electron chi connectivity index (χ4n) is 1.63. The van der Waals surface area contributed by atoms with Crippen LogP contribution in [0.1, 0.15) is 5.56 Å². The van der Waals surface area contributed by atoms with E-state index in [4.69, 9.17) is 16.7 Å². The van der Waals surface area contributed by atoms with E-state index in [9.17, 15) is 8.42 Å². The number of rotatable bonds is 5. The molecular weight excluding hydrogens is 300 g/mol. The van der Waals surface area contributed by atoms with Crippen molar-refractivity contribution < 1.29 is 13.5 Å². The van der Waals surface area contributed by atoms with Gasteiger partial charge in [0.25, 0.3) is 0 Å². The van der Waals surface area contributed by atoms with Gasteiger partial charge in [0.2, 0.25) is 10.0 Å². The van der Waals surface area contributed by atoms with Crippen LogP contribution in [-0.2, 0) is 16.4 Å². The van der Waals surface area contributed by atoms with E-state index in [1.807, 2.05) is 0 Å². The number of halogens is 1. The Balaban J connectivity index is 1.98. The summed E-state index contributed by atoms with van der Waals surface area (Å²) in [5, 5.41) is 9.29. The van der Waals surface area contributed by atoms with E-state index < -0.39 is 10.0 Å². The summed E-state index contributed by atoms with van der Waals surface area (Å²) in [6.07, 6.45) is 1.87. The number of hydrogen-bond acceptors (Lipinski definition) is 4. The zero-order chi connectivity index (χ0) is 14.6. The molecule has 1 aromatic heterocycles. The molecule has 1 aromatic carbocycles. The molecule has 2 aromatic rings. The molecule has 2 rings (SSSR count). The predicted molar refractivity (Wildman–Crippen MR) is 76.2 cm³/mol. The molecule has 0 saturated heterocycles. The van der Waals surface area contributed by atoms with Gasteiger partial charge in [-0.3, -0.25) is 0 Å². The van der Waals surface area contributed by atoms with Gasteiger partial charge in [-0.15, -0.1) is 0 Å². The maximum Gasteiger partial charge on any atom is 0.240 e. The Morgan fingerprint density at radius 2 is 1.90 bits per heavy atom. The number of nitrogens with zero attached hydrogens (tertiary/aromatic N) is 1. The molecule has 106 valence electrons. The highest BCUT2D eigenvalue weighted by molar-refractivity contribution is 7.89. The maximum absolute atomic E-state index is 12.0. The molecule has 2 N–H and O–H groups in total. The second kappa shape index (κ2) is 6.21. The van der Waals surface area contributed by atoms with Gasteiger partial charge in [-0.25, -0.2) is 18.1 Å². The molecule has 0 spiro atoms. The minimum atomic E-state index is -3.58. The van der Waals surface area contributed by atoms with Gasteiger partial charge in [-0.05, 0) is 36.2 Å². The fraction of sp³-hybridized carbons (Fsp3) is 0.154. The van der Waals surface area contributed by atoms with E-state index in [1.54, 1.807) is 24.3 Å². The Bertz CT molecular complexity index is 687. The number of phenolic OH excluding ortho intramolecular Hbond substituents is 1. The van der Waals surface area contributed by atoms with E-state index in [-0.39, 0.29) is 22.3 Å². The normalized spacial score (nSPS) is 11.4. The molecule has 1 heterocycles. The number of nitrogens with one attached hydrogen (secondary N) is 1. The number of hydrogen-bond donors (Lipinski definition) is 2. The summed E-state index contributed by atoms with van der Waals surface area (Å²) >= 11 is 5.67. The average Bonchev–Trinajstić information content (AvgIpc) is 2.41. The lowest BCUT2D eigenvalue weighted by molar-refractivity contribution is 0.475. The lowest BCUT2D eigenvalue weighted by atomic mass is 10.1. The highest BCUT2D eigenvalue weighted by atomic mass is 35.5. The van der Waals surface area contributed by atoms with E-state index in [0.29, 0.717) is 6.42 Å². The van der Waals surface area contributed by atoms with Crippen molar-refractivity contribution in [2.24, 2.45) is 0 Å². The Morgan fingerprint density at radius 1 is 1.20 bits per heavy atom. The van der Waals surface area contributed by atoms with Crippen LogP contribution < -0.4 is 4.72 Å². The van der Waals surface area contributed by atoms with Crippen LogP contribution in [0.2, 0.25) is 5.15 Å². The second-order valence-electron chi connectivity index (χ2n) is 4.13. The molecule has 0 aliphatic carbocycles. The highest BCUT2D eigenvalue weighted by Gasteiger charge is 2.13. The van der Waals surface area contributed by atoms with Crippen molar-refractivity contribution in [2.45, 2.75) is 11.3 Å². The van der Waals surface area contributed by atoms with Gasteiger partial charge in [0.15, 0.2) is 0 Å². The van der Waals surface area contributed by atoms with Crippen LogP contribution in [0.3, 0.4) is 0 Å². The monoisotopic (exact) mass is 312 g/mol. The van der Waals surface area contributed by atoms with Gasteiger partial charge in [-0.2, -0.15) is 0 Å². The molecule has 0 radical (unpaired) electrons. The average molecular weight is 313 g/mol. The number of aromatic hydroxyl groups is 1. The molecule has 0 saturated carbocycles. The van der Waals surface area contributed by atoms with Crippen LogP contribution in [-0.4, -0.2) is 25.1 Å². The van der Waals surface area contributed by atoms with Gasteiger partial charge < -0.3 is 5.11 Å². The summed E-state index contributed by atoms with van der Waals surface area (Å²) in [7, 11) is -3.58. The largest absolute Gasteiger partial charge is 0.508 e. The van der Waals surface area contributed by atoms with Crippen molar-refractivity contribution in [3.63, 3.8) is 0 Å². The SMILES string of the molecule is O=S(=O)(NCCc1ccc(O)cc1)c1ccnc(Cl)c1. The zero-order valence-electron chi connectivity index (χ0n) is 10.5. The third-order valence-electron chi connectivity index (χ3n) is 2.65. The second-order valence-corrected chi connectivity index (χ2v) is 6.28. The van der Waals surface area contributed by atoms with E-state index in [0.717, 1.165) is 5.56 Å². The van der Waals surface area contributed by atoms with Crippen molar-refractivity contribution in [1.29, 1.82) is 0 Å². The molecule has 0 bridgehead atoms. The standard InChI is InChI=1S/C13H13ClN2O3S/c14-13-9-12(6-7-15-13)20(18,19)16-8-5-10-1-3-11(17)4-2-10/h1-4,6-7,9,16-17H,5,8H2. The van der Waals surface area contributed by atoms with Crippen LogP contribution in [0.15, 0.2) is 47.5 Å². The lowest BCUT2D eigenvalue weighted by Crippen LogP contribution is -2.26. The first kappa shape index (κ1) is 14.8. The van der Waals surface area contributed by atoms with Crippen LogP contribution in [0.4, 0.5) is 0 Å². The maximum atomic E-state index is 12.0. The Morgan fingerprint density at radius 3 is 2.55 bits per heavy atom. The Hall–Kier alpha value is -1.63. The Kier molecular flexibility index (Phi) is 4.59. The van der Waals surface area contributed by atoms with Gasteiger partial charge in [0, 0.05) is 12.7 Å². The van der Waals surface area contributed by atoms with Gasteiger partial charge in [0.1, 0.15) is 10.9 Å².